The van der Waals surface area contributed by atoms with Crippen LogP contribution in [0.1, 0.15) is 38.1 Å². The van der Waals surface area contributed by atoms with E-state index in [9.17, 15) is 17.6 Å². The molecule has 0 aliphatic rings. The van der Waals surface area contributed by atoms with E-state index >= 15 is 0 Å². The third-order valence-corrected chi connectivity index (χ3v) is 6.59. The van der Waals surface area contributed by atoms with Crippen LogP contribution >= 0.6 is 0 Å². The second-order valence-corrected chi connectivity index (χ2v) is 10.0. The summed E-state index contributed by atoms with van der Waals surface area (Å²) in [7, 11) is -3.38. The van der Waals surface area contributed by atoms with Crippen LogP contribution in [-0.2, 0) is 25.8 Å². The first kappa shape index (κ1) is 27.8. The summed E-state index contributed by atoms with van der Waals surface area (Å²) < 4.78 is 48.8. The van der Waals surface area contributed by atoms with Crippen molar-refractivity contribution in [2.75, 3.05) is 12.9 Å². The van der Waals surface area contributed by atoms with Crippen molar-refractivity contribution in [3.8, 4) is 22.6 Å². The topological polar surface area (TPSA) is 86.5 Å². The number of esters is 1. The van der Waals surface area contributed by atoms with Crippen molar-refractivity contribution >= 4 is 15.8 Å². The average Bonchev–Trinajstić information content (AvgIpc) is 3.34. The van der Waals surface area contributed by atoms with Gasteiger partial charge in [-0.05, 0) is 67.4 Å². The molecular weight excluding hydrogens is 493 g/mol. The molecule has 0 amide bonds. The number of carbonyl (C=O) groups is 1. The fourth-order valence-electron chi connectivity index (χ4n) is 3.70. The first-order chi connectivity index (χ1) is 17.8. The Morgan fingerprint density at radius 2 is 1.54 bits per heavy atom. The van der Waals surface area contributed by atoms with E-state index in [4.69, 9.17) is 9.15 Å². The first-order valence-electron chi connectivity index (χ1n) is 12.0. The number of halogens is 1. The fourth-order valence-corrected chi connectivity index (χ4v) is 4.33. The maximum atomic E-state index is 13.6. The minimum atomic E-state index is -3.38. The highest BCUT2D eigenvalue weighted by Crippen LogP contribution is 2.36. The average molecular weight is 524 g/mol. The molecule has 0 spiro atoms. The predicted octanol–water partition coefficient (Wildman–Crippen LogP) is 6.47. The molecule has 1 unspecified atom stereocenters. The molecule has 1 aromatic heterocycles. The number of sulfone groups is 1. The monoisotopic (exact) mass is 523 g/mol. The Morgan fingerprint density at radius 1 is 0.946 bits per heavy atom. The van der Waals surface area contributed by atoms with Crippen molar-refractivity contribution in [2.45, 2.75) is 38.0 Å². The lowest BCUT2D eigenvalue weighted by Crippen LogP contribution is -2.18. The van der Waals surface area contributed by atoms with Crippen molar-refractivity contribution in [1.82, 2.24) is 4.98 Å². The molecule has 194 valence electrons. The Kier molecular flexibility index (Phi) is 9.36. The van der Waals surface area contributed by atoms with E-state index in [0.717, 1.165) is 11.8 Å². The van der Waals surface area contributed by atoms with E-state index in [1.54, 1.807) is 31.2 Å². The van der Waals surface area contributed by atoms with Gasteiger partial charge in [-0.3, -0.25) is 4.79 Å². The normalized spacial score (nSPS) is 11.8. The lowest BCUT2D eigenvalue weighted by atomic mass is 9.99. The van der Waals surface area contributed by atoms with Gasteiger partial charge in [0.05, 0.1) is 11.5 Å². The third kappa shape index (κ3) is 6.92. The maximum absolute atomic E-state index is 13.6. The molecule has 1 atom stereocenters. The Labute approximate surface area is 217 Å². The Balaban J connectivity index is 0.00000186. The van der Waals surface area contributed by atoms with Gasteiger partial charge in [0.1, 0.15) is 17.4 Å². The SMILES string of the molecule is CC.CCOC(=O)C(Cc1ccccc1)c1nc(-c2ccc(F)cc2)c(-c2ccc(S(C)(=O)=O)cc2)o1. The number of nitrogens with zero attached hydrogens (tertiary/aromatic N) is 1. The van der Waals surface area contributed by atoms with E-state index in [0.29, 0.717) is 29.0 Å². The number of carbonyl (C=O) groups excluding carboxylic acids is 1. The molecule has 0 fully saturated rings. The fraction of sp³-hybridized carbons (Fsp3) is 0.241. The van der Waals surface area contributed by atoms with Gasteiger partial charge in [0, 0.05) is 17.4 Å². The van der Waals surface area contributed by atoms with Crippen LogP contribution in [0.5, 0.6) is 0 Å². The second kappa shape index (κ2) is 12.5. The predicted molar refractivity (Wildman–Crippen MR) is 141 cm³/mol. The zero-order valence-electron chi connectivity index (χ0n) is 21.3. The Morgan fingerprint density at radius 3 is 2.11 bits per heavy atom. The minimum absolute atomic E-state index is 0.161. The maximum Gasteiger partial charge on any atom is 0.318 e. The minimum Gasteiger partial charge on any atom is -0.465 e. The van der Waals surface area contributed by atoms with Crippen LogP contribution in [0.3, 0.4) is 0 Å². The smallest absolute Gasteiger partial charge is 0.318 e. The summed E-state index contributed by atoms with van der Waals surface area (Å²) in [6.45, 7) is 5.93. The van der Waals surface area contributed by atoms with Crippen LogP contribution < -0.4 is 0 Å². The van der Waals surface area contributed by atoms with Gasteiger partial charge in [-0.15, -0.1) is 0 Å². The van der Waals surface area contributed by atoms with E-state index in [2.05, 4.69) is 4.98 Å². The zero-order valence-corrected chi connectivity index (χ0v) is 22.1. The lowest BCUT2D eigenvalue weighted by molar-refractivity contribution is -0.145. The lowest BCUT2D eigenvalue weighted by Gasteiger charge is -2.12. The molecule has 0 radical (unpaired) electrons. The summed E-state index contributed by atoms with van der Waals surface area (Å²) in [4.78, 5) is 17.7. The van der Waals surface area contributed by atoms with Gasteiger partial charge in [0.2, 0.25) is 5.89 Å². The number of rotatable bonds is 8. The molecule has 0 bridgehead atoms. The molecule has 8 heteroatoms. The molecule has 0 saturated heterocycles. The van der Waals surface area contributed by atoms with Gasteiger partial charge in [0.25, 0.3) is 0 Å². The molecule has 4 aromatic rings. The molecule has 0 aliphatic heterocycles. The van der Waals surface area contributed by atoms with Crippen molar-refractivity contribution in [3.63, 3.8) is 0 Å². The summed E-state index contributed by atoms with van der Waals surface area (Å²) in [6.07, 6.45) is 1.45. The molecular formula is C29H30FNO5S. The molecule has 6 nitrogen and oxygen atoms in total. The van der Waals surface area contributed by atoms with E-state index in [1.165, 1.54) is 24.3 Å². The molecule has 3 aromatic carbocycles. The summed E-state index contributed by atoms with van der Waals surface area (Å²) in [5.74, 6) is -1.17. The number of benzene rings is 3. The van der Waals surface area contributed by atoms with Gasteiger partial charge in [-0.25, -0.2) is 17.8 Å². The molecule has 37 heavy (non-hydrogen) atoms. The van der Waals surface area contributed by atoms with Gasteiger partial charge < -0.3 is 9.15 Å². The van der Waals surface area contributed by atoms with Crippen LogP contribution in [0.2, 0.25) is 0 Å². The molecule has 4 rings (SSSR count). The number of aromatic nitrogens is 1. The molecule has 1 heterocycles. The summed E-state index contributed by atoms with van der Waals surface area (Å²) in [5.41, 5.74) is 2.48. The second-order valence-electron chi connectivity index (χ2n) is 8.03. The quantitative estimate of drug-likeness (QED) is 0.246. The first-order valence-corrected chi connectivity index (χ1v) is 13.9. The Bertz CT molecular complexity index is 1410. The van der Waals surface area contributed by atoms with Crippen LogP contribution in [0, 0.1) is 5.82 Å². The highest BCUT2D eigenvalue weighted by molar-refractivity contribution is 7.90. The van der Waals surface area contributed by atoms with Gasteiger partial charge >= 0.3 is 5.97 Å². The third-order valence-electron chi connectivity index (χ3n) is 5.46. The van der Waals surface area contributed by atoms with Crippen molar-refractivity contribution in [3.05, 3.63) is 96.1 Å². The van der Waals surface area contributed by atoms with Crippen LogP contribution in [-0.4, -0.2) is 32.2 Å². The standard InChI is InChI=1S/C27H24FNO5S.C2H6/c1-3-33-27(30)23(17-18-7-5-4-6-8-18)26-29-24(19-9-13-21(28)14-10-19)25(34-26)20-11-15-22(16-12-20)35(2,31)32;1-2/h4-16,23H,3,17H2,1-2H3;1-2H3. The van der Waals surface area contributed by atoms with Gasteiger partial charge in [-0.2, -0.15) is 0 Å². The highest BCUT2D eigenvalue weighted by Gasteiger charge is 2.30. The summed E-state index contributed by atoms with van der Waals surface area (Å²) in [5, 5.41) is 0. The number of ether oxygens (including phenoxy) is 1. The largest absolute Gasteiger partial charge is 0.465 e. The van der Waals surface area contributed by atoms with Gasteiger partial charge in [-0.1, -0.05) is 44.2 Å². The van der Waals surface area contributed by atoms with Crippen molar-refractivity contribution in [1.29, 1.82) is 0 Å². The molecule has 0 saturated carbocycles. The summed E-state index contributed by atoms with van der Waals surface area (Å²) >= 11 is 0. The zero-order chi connectivity index (χ0) is 27.0. The molecule has 0 N–H and O–H groups in total. The summed E-state index contributed by atoms with van der Waals surface area (Å²) in [6, 6.07) is 21.4. The number of oxazole rings is 1. The molecule has 0 aliphatic carbocycles. The van der Waals surface area contributed by atoms with Crippen molar-refractivity contribution < 1.29 is 26.8 Å². The van der Waals surface area contributed by atoms with Crippen LogP contribution in [0.4, 0.5) is 4.39 Å². The van der Waals surface area contributed by atoms with E-state index < -0.39 is 27.5 Å². The van der Waals surface area contributed by atoms with Crippen LogP contribution in [0.25, 0.3) is 22.6 Å². The number of hydrogen-bond acceptors (Lipinski definition) is 6. The van der Waals surface area contributed by atoms with Crippen LogP contribution in [0.15, 0.2) is 88.2 Å². The van der Waals surface area contributed by atoms with E-state index in [-0.39, 0.29) is 17.4 Å². The highest BCUT2D eigenvalue weighted by atomic mass is 32.2. The van der Waals surface area contributed by atoms with E-state index in [1.807, 2.05) is 44.2 Å². The van der Waals surface area contributed by atoms with Gasteiger partial charge in [0.15, 0.2) is 15.6 Å². The van der Waals surface area contributed by atoms with Crippen molar-refractivity contribution in [2.24, 2.45) is 0 Å². The Hall–Kier alpha value is -3.78. The number of hydrogen-bond donors (Lipinski definition) is 0.